The minimum Gasteiger partial charge on any atom is -0.378 e. The number of anilines is 1. The fraction of sp³-hybridized carbons (Fsp3) is 0.182. The number of ether oxygens (including phenoxy) is 1. The molecule has 2 aromatic rings. The normalized spacial score (nSPS) is 14.5. The van der Waals surface area contributed by atoms with Crippen LogP contribution in [0.3, 0.4) is 0 Å². The van der Waals surface area contributed by atoms with E-state index < -0.39 is 11.7 Å². The highest BCUT2D eigenvalue weighted by Crippen LogP contribution is 2.18. The highest BCUT2D eigenvalue weighted by Gasteiger charge is 2.11. The number of morpholine rings is 1. The molecule has 1 aliphatic heterocycles. The van der Waals surface area contributed by atoms with Crippen molar-refractivity contribution in [1.29, 1.82) is 0 Å². The molecule has 0 saturated carbocycles. The van der Waals surface area contributed by atoms with Gasteiger partial charge in [-0.1, -0.05) is 12.1 Å². The van der Waals surface area contributed by atoms with Crippen LogP contribution < -0.4 is 10.4 Å². The van der Waals surface area contributed by atoms with Gasteiger partial charge in [0, 0.05) is 36.0 Å². The Bertz CT molecular complexity index is 932. The Kier molecular flexibility index (Phi) is 6.89. The molecule has 1 fully saturated rings. The molecule has 0 atom stereocenters. The quantitative estimate of drug-likeness (QED) is 0.340. The molecule has 2 aromatic carbocycles. The fourth-order valence-corrected chi connectivity index (χ4v) is 2.91. The van der Waals surface area contributed by atoms with Gasteiger partial charge in [0.05, 0.1) is 13.2 Å². The van der Waals surface area contributed by atoms with Crippen LogP contribution in [0.15, 0.2) is 54.6 Å². The molecule has 1 heterocycles. The van der Waals surface area contributed by atoms with Crippen molar-refractivity contribution >= 4 is 29.5 Å². The first-order valence-electron chi connectivity index (χ1n) is 9.14. The molecule has 0 aliphatic carbocycles. The van der Waals surface area contributed by atoms with Gasteiger partial charge >= 0.3 is 0 Å². The van der Waals surface area contributed by atoms with E-state index in [0.29, 0.717) is 24.3 Å². The molecule has 3 rings (SSSR count). The molecule has 6 nitrogen and oxygen atoms in total. The molecule has 150 valence electrons. The van der Waals surface area contributed by atoms with E-state index in [-0.39, 0.29) is 11.3 Å². The number of amides is 1. The maximum Gasteiger partial charge on any atom is 0.267 e. The Labute approximate surface area is 167 Å². The Morgan fingerprint density at radius 2 is 1.76 bits per heavy atom. The number of hydrogen-bond donors (Lipinski definition) is 2. The zero-order valence-corrected chi connectivity index (χ0v) is 15.7. The number of nitrogens with zero attached hydrogens (tertiary/aromatic N) is 1. The van der Waals surface area contributed by atoms with Gasteiger partial charge in [-0.3, -0.25) is 14.8 Å². The number of hydroxylamine groups is 1. The number of nitrogens with one attached hydrogen (secondary N) is 1. The van der Waals surface area contributed by atoms with Crippen molar-refractivity contribution in [3.8, 4) is 0 Å². The Hall–Kier alpha value is -3.29. The topological polar surface area (TPSA) is 78.9 Å². The lowest BCUT2D eigenvalue weighted by Crippen LogP contribution is -2.36. The number of halogens is 1. The van der Waals surface area contributed by atoms with Crippen LogP contribution in [-0.4, -0.2) is 43.2 Å². The van der Waals surface area contributed by atoms with Crippen molar-refractivity contribution in [3.63, 3.8) is 0 Å². The van der Waals surface area contributed by atoms with E-state index in [1.54, 1.807) is 18.2 Å². The van der Waals surface area contributed by atoms with Crippen LogP contribution in [0.1, 0.15) is 21.5 Å². The van der Waals surface area contributed by atoms with Gasteiger partial charge < -0.3 is 9.64 Å². The zero-order valence-electron chi connectivity index (χ0n) is 15.7. The van der Waals surface area contributed by atoms with Crippen LogP contribution in [-0.2, 0) is 9.53 Å². The molecular weight excluding hydrogens is 375 g/mol. The number of ketones is 1. The van der Waals surface area contributed by atoms with Gasteiger partial charge in [-0.15, -0.1) is 0 Å². The molecule has 2 N–H and O–H groups in total. The third kappa shape index (κ3) is 5.60. The summed E-state index contributed by atoms with van der Waals surface area (Å²) in [5.74, 6) is -1.45. The summed E-state index contributed by atoms with van der Waals surface area (Å²) in [5.41, 5.74) is 3.73. The summed E-state index contributed by atoms with van der Waals surface area (Å²) >= 11 is 0. The molecule has 7 heteroatoms. The van der Waals surface area contributed by atoms with Crippen LogP contribution in [0.5, 0.6) is 0 Å². The fourth-order valence-electron chi connectivity index (χ4n) is 2.91. The second kappa shape index (κ2) is 9.77. The largest absolute Gasteiger partial charge is 0.378 e. The number of carbonyl (C=O) groups is 2. The van der Waals surface area contributed by atoms with Gasteiger partial charge in [-0.05, 0) is 54.1 Å². The summed E-state index contributed by atoms with van der Waals surface area (Å²) in [6.07, 6.45) is 5.19. The Morgan fingerprint density at radius 1 is 1.03 bits per heavy atom. The summed E-state index contributed by atoms with van der Waals surface area (Å²) < 4.78 is 19.5. The van der Waals surface area contributed by atoms with Gasteiger partial charge in [0.2, 0.25) is 0 Å². The van der Waals surface area contributed by atoms with Crippen molar-refractivity contribution in [3.05, 3.63) is 77.1 Å². The average molecular weight is 396 g/mol. The number of benzene rings is 2. The number of rotatable bonds is 6. The Morgan fingerprint density at radius 3 is 2.41 bits per heavy atom. The van der Waals surface area contributed by atoms with Gasteiger partial charge in [-0.25, -0.2) is 9.87 Å². The van der Waals surface area contributed by atoms with E-state index in [9.17, 15) is 14.0 Å². The van der Waals surface area contributed by atoms with E-state index in [1.165, 1.54) is 35.8 Å². The molecule has 1 saturated heterocycles. The predicted molar refractivity (Wildman–Crippen MR) is 108 cm³/mol. The minimum absolute atomic E-state index is 0.221. The van der Waals surface area contributed by atoms with E-state index in [4.69, 9.17) is 9.94 Å². The van der Waals surface area contributed by atoms with Crippen molar-refractivity contribution in [2.45, 2.75) is 0 Å². The molecular formula is C22H21FN2O4. The third-order valence-electron chi connectivity index (χ3n) is 4.50. The van der Waals surface area contributed by atoms with Gasteiger partial charge in [0.15, 0.2) is 5.78 Å². The maximum absolute atomic E-state index is 14.2. The van der Waals surface area contributed by atoms with Gasteiger partial charge in [-0.2, -0.15) is 0 Å². The van der Waals surface area contributed by atoms with Crippen molar-refractivity contribution in [2.24, 2.45) is 0 Å². The lowest BCUT2D eigenvalue weighted by Gasteiger charge is -2.28. The van der Waals surface area contributed by atoms with Gasteiger partial charge in [0.25, 0.3) is 5.91 Å². The van der Waals surface area contributed by atoms with Crippen LogP contribution in [0, 0.1) is 5.82 Å². The van der Waals surface area contributed by atoms with Gasteiger partial charge in [0.1, 0.15) is 5.82 Å². The lowest BCUT2D eigenvalue weighted by molar-refractivity contribution is -0.124. The number of carbonyl (C=O) groups excluding carboxylic acids is 2. The summed E-state index contributed by atoms with van der Waals surface area (Å²) in [4.78, 5) is 25.5. The van der Waals surface area contributed by atoms with Crippen molar-refractivity contribution in [2.75, 3.05) is 31.2 Å². The second-order valence-electron chi connectivity index (χ2n) is 6.43. The highest BCUT2D eigenvalue weighted by molar-refractivity contribution is 6.07. The smallest absolute Gasteiger partial charge is 0.267 e. The summed E-state index contributed by atoms with van der Waals surface area (Å²) in [6, 6.07) is 11.7. The SMILES string of the molecule is O=C(/C=C/c1ccc(/C=C/C(=O)c2ccc(N3CCOCC3)cc2)c(F)c1)NO. The minimum atomic E-state index is -0.709. The summed E-state index contributed by atoms with van der Waals surface area (Å²) in [5, 5.41) is 8.44. The monoisotopic (exact) mass is 396 g/mol. The Balaban J connectivity index is 1.65. The van der Waals surface area contributed by atoms with E-state index >= 15 is 0 Å². The average Bonchev–Trinajstić information content (AvgIpc) is 2.77. The number of hydrogen-bond acceptors (Lipinski definition) is 5. The van der Waals surface area contributed by atoms with E-state index in [1.807, 2.05) is 12.1 Å². The third-order valence-corrected chi connectivity index (χ3v) is 4.50. The first-order chi connectivity index (χ1) is 14.1. The predicted octanol–water partition coefficient (Wildman–Crippen LogP) is 3.08. The van der Waals surface area contributed by atoms with Crippen LogP contribution in [0.25, 0.3) is 12.2 Å². The van der Waals surface area contributed by atoms with Crippen molar-refractivity contribution < 1.29 is 23.9 Å². The molecule has 0 unspecified atom stereocenters. The standard InChI is InChI=1S/C22H21FN2O4/c23-20-15-16(2-10-22(27)24-28)1-3-17(20)6-9-21(26)18-4-7-19(8-5-18)25-11-13-29-14-12-25/h1-10,15,28H,11-14H2,(H,24,27)/b9-6+,10-2+. The van der Waals surface area contributed by atoms with E-state index in [2.05, 4.69) is 4.90 Å². The van der Waals surface area contributed by atoms with Crippen molar-refractivity contribution in [1.82, 2.24) is 5.48 Å². The second-order valence-corrected chi connectivity index (χ2v) is 6.43. The number of allylic oxidation sites excluding steroid dienone is 1. The van der Waals surface area contributed by atoms with E-state index in [0.717, 1.165) is 24.9 Å². The molecule has 0 spiro atoms. The van der Waals surface area contributed by atoms with Crippen LogP contribution in [0.2, 0.25) is 0 Å². The lowest BCUT2D eigenvalue weighted by atomic mass is 10.1. The molecule has 0 aromatic heterocycles. The maximum atomic E-state index is 14.2. The first kappa shape index (κ1) is 20.4. The molecule has 1 amide bonds. The molecule has 0 bridgehead atoms. The zero-order chi connectivity index (χ0) is 20.6. The molecule has 29 heavy (non-hydrogen) atoms. The first-order valence-corrected chi connectivity index (χ1v) is 9.14. The molecule has 0 radical (unpaired) electrons. The summed E-state index contributed by atoms with van der Waals surface area (Å²) in [7, 11) is 0. The van der Waals surface area contributed by atoms with Crippen LogP contribution in [0.4, 0.5) is 10.1 Å². The molecule has 1 aliphatic rings. The highest BCUT2D eigenvalue weighted by atomic mass is 19.1. The summed E-state index contributed by atoms with van der Waals surface area (Å²) in [6.45, 7) is 3.03. The van der Waals surface area contributed by atoms with Crippen LogP contribution >= 0.6 is 0 Å².